The molecule has 2 aromatic carbocycles. The van der Waals surface area contributed by atoms with Crippen LogP contribution in [0.3, 0.4) is 0 Å². The molecule has 1 fully saturated rings. The Hall–Kier alpha value is -2.34. The minimum Gasteiger partial charge on any atom is -0.337 e. The topological polar surface area (TPSA) is 23.6 Å². The molecule has 1 aliphatic carbocycles. The molecule has 4 rings (SSSR count). The highest BCUT2D eigenvalue weighted by atomic mass is 19.4. The molecule has 154 valence electrons. The standard InChI is InChI=1S/C23H25F3N2O/c1-27(21(29)14-16-8-10-18(11-9-16)23(24,25)26)22-19-7-3-2-6-17(19)15-20(22)28-12-4-5-13-28/h2-3,6-11,20,22H,4-5,12-15H2,1H3/t20-,22-/m1/s1. The predicted octanol–water partition coefficient (Wildman–Crippen LogP) is 4.47. The number of fused-ring (bicyclic) bond motifs is 1. The molecule has 1 saturated heterocycles. The number of alkyl halides is 3. The molecule has 0 aromatic heterocycles. The maximum atomic E-state index is 13.0. The lowest BCUT2D eigenvalue weighted by atomic mass is 10.0. The first-order valence-corrected chi connectivity index (χ1v) is 10.1. The zero-order valence-electron chi connectivity index (χ0n) is 16.5. The van der Waals surface area contributed by atoms with E-state index in [-0.39, 0.29) is 24.4 Å². The fourth-order valence-electron chi connectivity index (χ4n) is 4.69. The maximum absolute atomic E-state index is 13.0. The van der Waals surface area contributed by atoms with Crippen molar-refractivity contribution in [3.63, 3.8) is 0 Å². The number of hydrogen-bond acceptors (Lipinski definition) is 2. The van der Waals surface area contributed by atoms with Crippen LogP contribution in [0.15, 0.2) is 48.5 Å². The highest BCUT2D eigenvalue weighted by molar-refractivity contribution is 5.79. The van der Waals surface area contributed by atoms with Crippen LogP contribution in [-0.2, 0) is 23.8 Å². The molecular weight excluding hydrogens is 377 g/mol. The Morgan fingerprint density at radius 2 is 1.72 bits per heavy atom. The number of halogens is 3. The Balaban J connectivity index is 1.53. The first kappa shape index (κ1) is 20.0. The zero-order chi connectivity index (χ0) is 20.6. The van der Waals surface area contributed by atoms with Crippen LogP contribution in [0, 0.1) is 0 Å². The van der Waals surface area contributed by atoms with E-state index in [2.05, 4.69) is 17.0 Å². The molecule has 2 aliphatic rings. The molecule has 6 heteroatoms. The molecule has 0 saturated carbocycles. The molecule has 0 radical (unpaired) electrons. The lowest BCUT2D eigenvalue weighted by molar-refractivity contribution is -0.137. The fraction of sp³-hybridized carbons (Fsp3) is 0.435. The summed E-state index contributed by atoms with van der Waals surface area (Å²) >= 11 is 0. The summed E-state index contributed by atoms with van der Waals surface area (Å²) in [7, 11) is 1.82. The Bertz CT molecular complexity index is 872. The number of likely N-dealkylation sites (N-methyl/N-ethyl adjacent to an activating group) is 1. The van der Waals surface area contributed by atoms with E-state index < -0.39 is 11.7 Å². The highest BCUT2D eigenvalue weighted by Crippen LogP contribution is 2.39. The fourth-order valence-corrected chi connectivity index (χ4v) is 4.69. The van der Waals surface area contributed by atoms with Gasteiger partial charge in [0.1, 0.15) is 0 Å². The van der Waals surface area contributed by atoms with E-state index in [1.807, 2.05) is 19.2 Å². The third kappa shape index (κ3) is 4.04. The van der Waals surface area contributed by atoms with E-state index in [1.165, 1.54) is 36.1 Å². The van der Waals surface area contributed by atoms with Gasteiger partial charge in [-0.15, -0.1) is 0 Å². The molecule has 2 aromatic rings. The molecule has 0 N–H and O–H groups in total. The van der Waals surface area contributed by atoms with Crippen LogP contribution in [0.1, 0.15) is 41.1 Å². The van der Waals surface area contributed by atoms with E-state index in [0.717, 1.165) is 31.6 Å². The van der Waals surface area contributed by atoms with Crippen molar-refractivity contribution in [3.05, 3.63) is 70.8 Å². The monoisotopic (exact) mass is 402 g/mol. The third-order valence-electron chi connectivity index (χ3n) is 6.22. The summed E-state index contributed by atoms with van der Waals surface area (Å²) < 4.78 is 38.3. The number of carbonyl (C=O) groups is 1. The Kier molecular flexibility index (Phi) is 5.38. The van der Waals surface area contributed by atoms with Crippen molar-refractivity contribution < 1.29 is 18.0 Å². The number of rotatable bonds is 4. The summed E-state index contributed by atoms with van der Waals surface area (Å²) in [6.07, 6.45) is -0.972. The number of nitrogens with zero attached hydrogens (tertiary/aromatic N) is 2. The van der Waals surface area contributed by atoms with Gasteiger partial charge in [-0.2, -0.15) is 13.2 Å². The molecule has 2 atom stereocenters. The number of likely N-dealkylation sites (tertiary alicyclic amines) is 1. The van der Waals surface area contributed by atoms with Gasteiger partial charge < -0.3 is 4.90 Å². The van der Waals surface area contributed by atoms with Gasteiger partial charge in [0.15, 0.2) is 0 Å². The summed E-state index contributed by atoms with van der Waals surface area (Å²) in [5, 5.41) is 0. The van der Waals surface area contributed by atoms with Crippen molar-refractivity contribution in [2.75, 3.05) is 20.1 Å². The molecular formula is C23H25F3N2O. The van der Waals surface area contributed by atoms with E-state index in [0.29, 0.717) is 5.56 Å². The first-order valence-electron chi connectivity index (χ1n) is 10.1. The molecule has 29 heavy (non-hydrogen) atoms. The maximum Gasteiger partial charge on any atom is 0.416 e. The summed E-state index contributed by atoms with van der Waals surface area (Å²) in [5.41, 5.74) is 2.37. The quantitative estimate of drug-likeness (QED) is 0.754. The van der Waals surface area contributed by atoms with Gasteiger partial charge in [0.05, 0.1) is 18.0 Å². The second-order valence-electron chi connectivity index (χ2n) is 8.03. The smallest absolute Gasteiger partial charge is 0.337 e. The lowest BCUT2D eigenvalue weighted by Crippen LogP contribution is -2.44. The number of amides is 1. The first-order chi connectivity index (χ1) is 13.8. The number of carbonyl (C=O) groups excluding carboxylic acids is 1. The predicted molar refractivity (Wildman–Crippen MR) is 105 cm³/mol. The van der Waals surface area contributed by atoms with Gasteiger partial charge >= 0.3 is 6.18 Å². The molecule has 1 heterocycles. The van der Waals surface area contributed by atoms with Crippen molar-refractivity contribution in [2.24, 2.45) is 0 Å². The Morgan fingerprint density at radius 3 is 2.38 bits per heavy atom. The average Bonchev–Trinajstić information content (AvgIpc) is 3.34. The van der Waals surface area contributed by atoms with Crippen molar-refractivity contribution in [2.45, 2.75) is 43.9 Å². The minimum absolute atomic E-state index is 0.0220. The summed E-state index contributed by atoms with van der Waals surface area (Å²) in [5.74, 6) is -0.0735. The lowest BCUT2D eigenvalue weighted by Gasteiger charge is -2.35. The van der Waals surface area contributed by atoms with Crippen molar-refractivity contribution >= 4 is 5.91 Å². The second-order valence-corrected chi connectivity index (χ2v) is 8.03. The summed E-state index contributed by atoms with van der Waals surface area (Å²) in [6, 6.07) is 13.4. The van der Waals surface area contributed by atoms with Crippen LogP contribution in [0.2, 0.25) is 0 Å². The van der Waals surface area contributed by atoms with Gasteiger partial charge in [-0.1, -0.05) is 36.4 Å². The Labute approximate surface area is 169 Å². The van der Waals surface area contributed by atoms with Crippen molar-refractivity contribution in [1.82, 2.24) is 9.80 Å². The van der Waals surface area contributed by atoms with Crippen molar-refractivity contribution in [3.8, 4) is 0 Å². The van der Waals surface area contributed by atoms with E-state index in [4.69, 9.17) is 0 Å². The van der Waals surface area contributed by atoms with Gasteiger partial charge in [-0.05, 0) is 61.2 Å². The van der Waals surface area contributed by atoms with Crippen LogP contribution >= 0.6 is 0 Å². The Morgan fingerprint density at radius 1 is 1.07 bits per heavy atom. The van der Waals surface area contributed by atoms with Gasteiger partial charge in [0, 0.05) is 13.1 Å². The van der Waals surface area contributed by atoms with Gasteiger partial charge in [-0.25, -0.2) is 0 Å². The van der Waals surface area contributed by atoms with Crippen LogP contribution in [-0.4, -0.2) is 41.9 Å². The van der Waals surface area contributed by atoms with E-state index >= 15 is 0 Å². The van der Waals surface area contributed by atoms with Crippen LogP contribution < -0.4 is 0 Å². The van der Waals surface area contributed by atoms with Crippen LogP contribution in [0.25, 0.3) is 0 Å². The SMILES string of the molecule is CN(C(=O)Cc1ccc(C(F)(F)F)cc1)[C@@H]1c2ccccc2C[C@H]1N1CCCC1. The third-order valence-corrected chi connectivity index (χ3v) is 6.22. The summed E-state index contributed by atoms with van der Waals surface area (Å²) in [6.45, 7) is 2.10. The van der Waals surface area contributed by atoms with Crippen LogP contribution in [0.5, 0.6) is 0 Å². The van der Waals surface area contributed by atoms with Crippen molar-refractivity contribution in [1.29, 1.82) is 0 Å². The van der Waals surface area contributed by atoms with Gasteiger partial charge in [-0.3, -0.25) is 9.69 Å². The van der Waals surface area contributed by atoms with E-state index in [1.54, 1.807) is 4.90 Å². The normalized spacial score (nSPS) is 21.9. The molecule has 3 nitrogen and oxygen atoms in total. The number of benzene rings is 2. The molecule has 1 amide bonds. The van der Waals surface area contributed by atoms with Crippen LogP contribution in [0.4, 0.5) is 13.2 Å². The van der Waals surface area contributed by atoms with E-state index in [9.17, 15) is 18.0 Å². The van der Waals surface area contributed by atoms with Gasteiger partial charge in [0.25, 0.3) is 0 Å². The summed E-state index contributed by atoms with van der Waals surface area (Å²) in [4.78, 5) is 17.3. The minimum atomic E-state index is -4.37. The average molecular weight is 402 g/mol. The number of hydrogen-bond donors (Lipinski definition) is 0. The molecule has 0 unspecified atom stereocenters. The molecule has 0 spiro atoms. The molecule has 1 aliphatic heterocycles. The molecule has 0 bridgehead atoms. The highest BCUT2D eigenvalue weighted by Gasteiger charge is 2.40. The largest absolute Gasteiger partial charge is 0.416 e. The van der Waals surface area contributed by atoms with Gasteiger partial charge in [0.2, 0.25) is 5.91 Å². The second kappa shape index (κ2) is 7.82. The zero-order valence-corrected chi connectivity index (χ0v) is 16.5.